The van der Waals surface area contributed by atoms with Gasteiger partial charge in [0, 0.05) is 22.5 Å². The molecule has 0 bridgehead atoms. The van der Waals surface area contributed by atoms with E-state index in [9.17, 15) is 18.0 Å². The number of amides is 2. The normalized spacial score (nSPS) is 10.8. The Balaban J connectivity index is 2.19. The van der Waals surface area contributed by atoms with Crippen LogP contribution in [-0.2, 0) is 14.8 Å². The number of aryl methyl sites for hydroxylation is 1. The van der Waals surface area contributed by atoms with Crippen LogP contribution in [0.3, 0.4) is 0 Å². The van der Waals surface area contributed by atoms with Gasteiger partial charge < -0.3 is 9.47 Å². The molecule has 2 aromatic heterocycles. The number of aromatic nitrogens is 2. The van der Waals surface area contributed by atoms with Crippen molar-refractivity contribution in [3.8, 4) is 5.88 Å². The third kappa shape index (κ3) is 4.42. The molecule has 2 heterocycles. The highest BCUT2D eigenvalue weighted by atomic mass is 32.2. The summed E-state index contributed by atoms with van der Waals surface area (Å²) in [7, 11) is -1.77. The largest absolute Gasteiger partial charge is 0.481 e. The third-order valence-electron chi connectivity index (χ3n) is 2.81. The lowest BCUT2D eigenvalue weighted by Crippen LogP contribution is -2.35. The monoisotopic (exact) mass is 386 g/mol. The van der Waals surface area contributed by atoms with Crippen LogP contribution < -0.4 is 14.8 Å². The van der Waals surface area contributed by atoms with Crippen LogP contribution >= 0.6 is 11.3 Å². The number of hydrogen-bond acceptors (Lipinski definition) is 9. The summed E-state index contributed by atoms with van der Waals surface area (Å²) in [6.07, 6.45) is 0. The maximum atomic E-state index is 12.3. The summed E-state index contributed by atoms with van der Waals surface area (Å²) < 4.78 is 35.8. The Kier molecular flexibility index (Phi) is 5.54. The van der Waals surface area contributed by atoms with E-state index in [4.69, 9.17) is 4.74 Å². The average Bonchev–Trinajstić information content (AvgIpc) is 3.03. The van der Waals surface area contributed by atoms with Gasteiger partial charge in [-0.1, -0.05) is 0 Å². The van der Waals surface area contributed by atoms with Gasteiger partial charge in [-0.05, 0) is 6.92 Å². The van der Waals surface area contributed by atoms with Gasteiger partial charge in [0.25, 0.3) is 10.0 Å². The summed E-state index contributed by atoms with van der Waals surface area (Å²) in [5.74, 6) is -0.756. The van der Waals surface area contributed by atoms with Crippen LogP contribution in [0.5, 0.6) is 5.88 Å². The van der Waals surface area contributed by atoms with Crippen molar-refractivity contribution in [2.75, 3.05) is 19.5 Å². The summed E-state index contributed by atoms with van der Waals surface area (Å²) >= 11 is 0.982. The summed E-state index contributed by atoms with van der Waals surface area (Å²) in [6, 6.07) is 0.447. The van der Waals surface area contributed by atoms with Gasteiger partial charge in [0.05, 0.1) is 19.8 Å². The molecule has 0 fully saturated rings. The predicted octanol–water partition coefficient (Wildman–Crippen LogP) is 1.15. The van der Waals surface area contributed by atoms with Crippen molar-refractivity contribution in [2.45, 2.75) is 11.8 Å². The number of nitrogens with zero attached hydrogens (tertiary/aromatic N) is 2. The molecule has 0 atom stereocenters. The van der Waals surface area contributed by atoms with Gasteiger partial charge in [-0.2, -0.15) is 16.3 Å². The Morgan fingerprint density at radius 3 is 2.56 bits per heavy atom. The molecule has 10 nitrogen and oxygen atoms in total. The Morgan fingerprint density at radius 1 is 1.20 bits per heavy atom. The molecule has 0 unspecified atom stereocenters. The highest BCUT2D eigenvalue weighted by molar-refractivity contribution is 7.90. The van der Waals surface area contributed by atoms with Gasteiger partial charge >= 0.3 is 12.0 Å². The van der Waals surface area contributed by atoms with Crippen LogP contribution in [0.15, 0.2) is 21.7 Å². The molecule has 2 rings (SSSR count). The number of thiophene rings is 1. The number of anilines is 1. The molecule has 0 spiro atoms. The molecule has 12 heteroatoms. The molecule has 0 aliphatic carbocycles. The maximum absolute atomic E-state index is 12.3. The zero-order valence-electron chi connectivity index (χ0n) is 13.4. The lowest BCUT2D eigenvalue weighted by molar-refractivity contribution is 0.0597. The average molecular weight is 386 g/mol. The minimum absolute atomic E-state index is 0.136. The number of hydrogen-bond donors (Lipinski definition) is 2. The Labute approximate surface area is 147 Å². The smallest absolute Gasteiger partial charge is 0.340 e. The molecule has 2 aromatic rings. The zero-order valence-corrected chi connectivity index (χ0v) is 15.0. The number of carbonyl (C=O) groups excluding carboxylic acids is 2. The minimum atomic E-state index is -4.29. The molecule has 0 saturated carbocycles. The first-order chi connectivity index (χ1) is 11.8. The van der Waals surface area contributed by atoms with E-state index in [1.165, 1.54) is 23.9 Å². The molecule has 0 aromatic carbocycles. The molecule has 0 aliphatic heterocycles. The van der Waals surface area contributed by atoms with Gasteiger partial charge in [-0.25, -0.2) is 27.7 Å². The van der Waals surface area contributed by atoms with E-state index >= 15 is 0 Å². The number of sulfonamides is 1. The Morgan fingerprint density at radius 2 is 1.92 bits per heavy atom. The van der Waals surface area contributed by atoms with Crippen molar-refractivity contribution in [3.63, 3.8) is 0 Å². The van der Waals surface area contributed by atoms with Crippen molar-refractivity contribution in [1.82, 2.24) is 14.7 Å². The van der Waals surface area contributed by atoms with Gasteiger partial charge in [-0.3, -0.25) is 5.32 Å². The summed E-state index contributed by atoms with van der Waals surface area (Å²) in [5, 5.41) is 4.72. The fourth-order valence-corrected chi connectivity index (χ4v) is 4.02. The molecule has 0 saturated heterocycles. The van der Waals surface area contributed by atoms with Crippen LogP contribution in [0, 0.1) is 6.92 Å². The first kappa shape index (κ1) is 18.6. The zero-order chi connectivity index (χ0) is 18.6. The molecule has 2 N–H and O–H groups in total. The number of nitrogens with one attached hydrogen (secondary N) is 2. The van der Waals surface area contributed by atoms with Crippen molar-refractivity contribution in [3.05, 3.63) is 28.1 Å². The molecule has 0 radical (unpaired) electrons. The van der Waals surface area contributed by atoms with Crippen LogP contribution in [-0.4, -0.2) is 44.6 Å². The Hall–Kier alpha value is -2.73. The number of rotatable bonds is 5. The van der Waals surface area contributed by atoms with E-state index in [1.54, 1.807) is 11.6 Å². The number of methoxy groups -OCH3 is 2. The quantitative estimate of drug-likeness (QED) is 0.730. The topological polar surface area (TPSA) is 137 Å². The molecule has 25 heavy (non-hydrogen) atoms. The van der Waals surface area contributed by atoms with Gasteiger partial charge in [0.1, 0.15) is 4.90 Å². The highest BCUT2D eigenvalue weighted by Gasteiger charge is 2.26. The SMILES string of the molecule is COC(=O)c1cscc1S(=O)(=O)NC(=O)Nc1nc(C)cc(OC)n1. The number of ether oxygens (including phenoxy) is 2. The van der Waals surface area contributed by atoms with E-state index in [2.05, 4.69) is 20.0 Å². The summed E-state index contributed by atoms with van der Waals surface area (Å²) in [5.41, 5.74) is 0.345. The predicted molar refractivity (Wildman–Crippen MR) is 88.3 cm³/mol. The fourth-order valence-electron chi connectivity index (χ4n) is 1.76. The van der Waals surface area contributed by atoms with Gasteiger partial charge in [-0.15, -0.1) is 0 Å². The van der Waals surface area contributed by atoms with E-state index in [-0.39, 0.29) is 22.3 Å². The number of carbonyl (C=O) groups is 2. The molecule has 0 aliphatic rings. The van der Waals surface area contributed by atoms with Gasteiger partial charge in [0.15, 0.2) is 0 Å². The number of esters is 1. The van der Waals surface area contributed by atoms with Crippen molar-refractivity contribution >= 4 is 39.3 Å². The molecular weight excluding hydrogens is 372 g/mol. The Bertz CT molecular complexity index is 909. The maximum Gasteiger partial charge on any atom is 0.340 e. The van der Waals surface area contributed by atoms with E-state index in [1.807, 2.05) is 0 Å². The summed E-state index contributed by atoms with van der Waals surface area (Å²) in [4.78, 5) is 31.0. The third-order valence-corrected chi connectivity index (χ3v) is 5.08. The van der Waals surface area contributed by atoms with E-state index in [0.717, 1.165) is 18.4 Å². The lowest BCUT2D eigenvalue weighted by Gasteiger charge is -2.09. The molecule has 134 valence electrons. The standard InChI is InChI=1S/C13H14N4O6S2/c1-7-4-10(22-2)15-12(14-7)16-13(19)17-25(20,21)9-6-24-5-8(9)11(18)23-3/h4-6H,1-3H3,(H2,14,15,16,17,19). The second kappa shape index (κ2) is 7.44. The second-order valence-corrected chi connectivity index (χ2v) is 6.97. The number of urea groups is 1. The lowest BCUT2D eigenvalue weighted by atomic mass is 10.3. The van der Waals surface area contributed by atoms with Crippen LogP contribution in [0.1, 0.15) is 16.1 Å². The van der Waals surface area contributed by atoms with E-state index in [0.29, 0.717) is 5.69 Å². The molecule has 2 amide bonds. The fraction of sp³-hybridized carbons (Fsp3) is 0.231. The first-order valence-corrected chi connectivity index (χ1v) is 9.07. The second-order valence-electron chi connectivity index (χ2n) is 4.58. The first-order valence-electron chi connectivity index (χ1n) is 6.65. The van der Waals surface area contributed by atoms with Crippen LogP contribution in [0.4, 0.5) is 10.7 Å². The minimum Gasteiger partial charge on any atom is -0.481 e. The van der Waals surface area contributed by atoms with Crippen molar-refractivity contribution < 1.29 is 27.5 Å². The van der Waals surface area contributed by atoms with Crippen LogP contribution in [0.2, 0.25) is 0 Å². The molecular formula is C13H14N4O6S2. The van der Waals surface area contributed by atoms with Crippen molar-refractivity contribution in [1.29, 1.82) is 0 Å². The van der Waals surface area contributed by atoms with E-state index < -0.39 is 22.0 Å². The van der Waals surface area contributed by atoms with Crippen molar-refractivity contribution in [2.24, 2.45) is 0 Å². The summed E-state index contributed by atoms with van der Waals surface area (Å²) in [6.45, 7) is 1.65. The van der Waals surface area contributed by atoms with Crippen LogP contribution in [0.25, 0.3) is 0 Å². The highest BCUT2D eigenvalue weighted by Crippen LogP contribution is 2.21. The van der Waals surface area contributed by atoms with Gasteiger partial charge in [0.2, 0.25) is 11.8 Å².